The molecule has 4 aliphatic carbocycles. The zero-order valence-corrected chi connectivity index (χ0v) is 23.9. The standard InChI is InChI=1S/C32H40O7/c1-29(2,3)39-27(34)31-15-13-21-20-10-8-19(36-6)17-18(20)7-9-22(21)23(31)11-12-25(31)37-28(35)32-16-14-24(26(33)38-32)30(32,4)5/h8,10,13,17,22-25H,7,9,11-12,14-16H2,1-6H3/t22-,23-,24-,25?,31-,32+/m0/s1. The molecule has 39 heavy (non-hydrogen) atoms. The van der Waals surface area contributed by atoms with E-state index >= 15 is 0 Å². The van der Waals surface area contributed by atoms with Crippen LogP contribution in [0.5, 0.6) is 5.75 Å². The Balaban J connectivity index is 1.37. The summed E-state index contributed by atoms with van der Waals surface area (Å²) in [4.78, 5) is 40.6. The van der Waals surface area contributed by atoms with Crippen molar-refractivity contribution in [3.63, 3.8) is 0 Å². The highest BCUT2D eigenvalue weighted by Crippen LogP contribution is 2.62. The van der Waals surface area contributed by atoms with Crippen LogP contribution >= 0.6 is 0 Å². The number of hydrogen-bond donors (Lipinski definition) is 0. The van der Waals surface area contributed by atoms with Gasteiger partial charge in [-0.05, 0) is 106 Å². The van der Waals surface area contributed by atoms with Gasteiger partial charge in [0.2, 0.25) is 5.60 Å². The molecular formula is C32H40O7. The van der Waals surface area contributed by atoms with Gasteiger partial charge in [-0.3, -0.25) is 9.59 Å². The molecule has 1 unspecified atom stereocenters. The molecular weight excluding hydrogens is 496 g/mol. The summed E-state index contributed by atoms with van der Waals surface area (Å²) in [5.41, 5.74) is 0.185. The number of esters is 3. The molecule has 1 aliphatic heterocycles. The lowest BCUT2D eigenvalue weighted by Crippen LogP contribution is -2.54. The number of hydrogen-bond acceptors (Lipinski definition) is 7. The first-order chi connectivity index (χ1) is 18.3. The van der Waals surface area contributed by atoms with Gasteiger partial charge in [0.25, 0.3) is 0 Å². The SMILES string of the molecule is COc1ccc2c(c1)CC[C@H]1C2=CC[C@@]2(C(=O)OC(C)(C)C)C(OC(=O)[C@@]34CC[C@@H](C(=O)O3)C4(C)C)CC[C@@H]12. The molecule has 6 atom stereocenters. The van der Waals surface area contributed by atoms with Crippen LogP contribution in [0.25, 0.3) is 5.57 Å². The number of aryl methyl sites for hydroxylation is 1. The van der Waals surface area contributed by atoms with Crippen LogP contribution in [-0.2, 0) is 35.0 Å². The highest BCUT2D eigenvalue weighted by atomic mass is 16.6. The summed E-state index contributed by atoms with van der Waals surface area (Å²) in [6.07, 6.45) is 6.23. The van der Waals surface area contributed by atoms with Crippen LogP contribution in [0, 0.1) is 28.6 Å². The van der Waals surface area contributed by atoms with E-state index in [0.29, 0.717) is 25.7 Å². The van der Waals surface area contributed by atoms with Gasteiger partial charge in [-0.25, -0.2) is 4.79 Å². The first kappa shape index (κ1) is 26.4. The van der Waals surface area contributed by atoms with Crippen LogP contribution in [-0.4, -0.2) is 42.3 Å². The highest BCUT2D eigenvalue weighted by Gasteiger charge is 2.72. The minimum absolute atomic E-state index is 0.00614. The molecule has 7 nitrogen and oxygen atoms in total. The number of carbonyl (C=O) groups excluding carboxylic acids is 3. The number of rotatable bonds is 4. The molecule has 5 aliphatic rings. The number of methoxy groups -OCH3 is 1. The maximum atomic E-state index is 14.1. The molecule has 6 rings (SSSR count). The molecule has 0 N–H and O–H groups in total. The average molecular weight is 537 g/mol. The van der Waals surface area contributed by atoms with E-state index in [1.165, 1.54) is 16.7 Å². The fourth-order valence-electron chi connectivity index (χ4n) is 8.42. The van der Waals surface area contributed by atoms with Crippen LogP contribution in [0.4, 0.5) is 0 Å². The number of allylic oxidation sites excluding steroid dienone is 2. The summed E-state index contributed by atoms with van der Waals surface area (Å²) >= 11 is 0. The largest absolute Gasteiger partial charge is 0.497 e. The van der Waals surface area contributed by atoms with E-state index in [9.17, 15) is 14.4 Å². The Morgan fingerprint density at radius 2 is 1.82 bits per heavy atom. The molecule has 2 bridgehead atoms. The van der Waals surface area contributed by atoms with Crippen LogP contribution in [0.3, 0.4) is 0 Å². The third-order valence-electron chi connectivity index (χ3n) is 10.5. The third kappa shape index (κ3) is 3.64. The molecule has 1 aromatic rings. The van der Waals surface area contributed by atoms with E-state index in [2.05, 4.69) is 18.2 Å². The van der Waals surface area contributed by atoms with Gasteiger partial charge in [0, 0.05) is 5.41 Å². The Morgan fingerprint density at radius 3 is 2.46 bits per heavy atom. The lowest BCUT2D eigenvalue weighted by molar-refractivity contribution is -0.199. The fraction of sp³-hybridized carbons (Fsp3) is 0.656. The third-order valence-corrected chi connectivity index (χ3v) is 10.5. The Hall–Kier alpha value is -2.83. The first-order valence-electron chi connectivity index (χ1n) is 14.4. The van der Waals surface area contributed by atoms with Crippen molar-refractivity contribution in [3.05, 3.63) is 35.4 Å². The van der Waals surface area contributed by atoms with E-state index < -0.39 is 34.1 Å². The van der Waals surface area contributed by atoms with Crippen LogP contribution in [0.2, 0.25) is 0 Å². The van der Waals surface area contributed by atoms with Crippen LogP contribution in [0.1, 0.15) is 84.3 Å². The average Bonchev–Trinajstić information content (AvgIpc) is 3.44. The second kappa shape index (κ2) is 8.58. The molecule has 1 saturated heterocycles. The Bertz CT molecular complexity index is 1270. The number of carbonyl (C=O) groups is 3. The predicted molar refractivity (Wildman–Crippen MR) is 144 cm³/mol. The zero-order chi connectivity index (χ0) is 28.0. The van der Waals surface area contributed by atoms with Gasteiger partial charge in [0.1, 0.15) is 22.9 Å². The molecule has 1 aromatic carbocycles. The summed E-state index contributed by atoms with van der Waals surface area (Å²) in [5.74, 6) is -0.414. The van der Waals surface area contributed by atoms with E-state index in [1.54, 1.807) is 7.11 Å². The topological polar surface area (TPSA) is 88.1 Å². The van der Waals surface area contributed by atoms with Gasteiger partial charge in [-0.1, -0.05) is 26.0 Å². The molecule has 0 amide bonds. The van der Waals surface area contributed by atoms with Gasteiger partial charge in [0.15, 0.2) is 0 Å². The molecule has 210 valence electrons. The Labute approximate surface area is 230 Å². The lowest BCUT2D eigenvalue weighted by atomic mass is 9.59. The summed E-state index contributed by atoms with van der Waals surface area (Å²) in [7, 11) is 1.68. The molecule has 3 fully saturated rings. The smallest absolute Gasteiger partial charge is 0.351 e. The second-order valence-electron chi connectivity index (χ2n) is 13.7. The normalized spacial score (nSPS) is 35.7. The van der Waals surface area contributed by atoms with Crippen molar-refractivity contribution in [1.82, 2.24) is 0 Å². The molecule has 2 saturated carbocycles. The van der Waals surface area contributed by atoms with E-state index in [0.717, 1.165) is 25.0 Å². The van der Waals surface area contributed by atoms with Crippen molar-refractivity contribution in [3.8, 4) is 5.75 Å². The molecule has 1 heterocycles. The number of fused-ring (bicyclic) bond motifs is 7. The van der Waals surface area contributed by atoms with Crippen molar-refractivity contribution in [2.45, 2.75) is 96.9 Å². The van der Waals surface area contributed by atoms with Gasteiger partial charge in [0.05, 0.1) is 13.0 Å². The number of benzene rings is 1. The van der Waals surface area contributed by atoms with Crippen molar-refractivity contribution in [2.24, 2.45) is 28.6 Å². The van der Waals surface area contributed by atoms with Crippen LogP contribution in [0.15, 0.2) is 24.3 Å². The Morgan fingerprint density at radius 1 is 1.05 bits per heavy atom. The maximum Gasteiger partial charge on any atom is 0.351 e. The van der Waals surface area contributed by atoms with Crippen LogP contribution < -0.4 is 4.74 Å². The van der Waals surface area contributed by atoms with Gasteiger partial charge < -0.3 is 18.9 Å². The minimum atomic E-state index is -1.29. The second-order valence-corrected chi connectivity index (χ2v) is 13.7. The van der Waals surface area contributed by atoms with Gasteiger partial charge >= 0.3 is 17.9 Å². The van der Waals surface area contributed by atoms with Crippen molar-refractivity contribution < 1.29 is 33.3 Å². The van der Waals surface area contributed by atoms with E-state index in [-0.39, 0.29) is 29.7 Å². The molecule has 0 spiro atoms. The summed E-state index contributed by atoms with van der Waals surface area (Å²) < 4.78 is 23.6. The zero-order valence-electron chi connectivity index (χ0n) is 23.9. The van der Waals surface area contributed by atoms with Gasteiger partial charge in [-0.15, -0.1) is 0 Å². The maximum absolute atomic E-state index is 14.1. The lowest BCUT2D eigenvalue weighted by Gasteiger charge is -2.47. The number of ether oxygens (including phenoxy) is 4. The monoisotopic (exact) mass is 536 g/mol. The van der Waals surface area contributed by atoms with E-state index in [4.69, 9.17) is 18.9 Å². The van der Waals surface area contributed by atoms with E-state index in [1.807, 2.05) is 40.7 Å². The quantitative estimate of drug-likeness (QED) is 0.375. The van der Waals surface area contributed by atoms with Crippen molar-refractivity contribution >= 4 is 23.5 Å². The Kier molecular flexibility index (Phi) is 5.81. The summed E-state index contributed by atoms with van der Waals surface area (Å²) in [5, 5.41) is 0. The predicted octanol–water partition coefficient (Wildman–Crippen LogP) is 5.43. The molecule has 0 aromatic heterocycles. The molecule has 0 radical (unpaired) electrons. The van der Waals surface area contributed by atoms with Gasteiger partial charge in [-0.2, -0.15) is 0 Å². The summed E-state index contributed by atoms with van der Waals surface area (Å²) in [6, 6.07) is 6.24. The molecule has 7 heteroatoms. The highest BCUT2D eigenvalue weighted by molar-refractivity contribution is 5.92. The summed E-state index contributed by atoms with van der Waals surface area (Å²) in [6.45, 7) is 9.46. The fourth-order valence-corrected chi connectivity index (χ4v) is 8.42. The van der Waals surface area contributed by atoms with Crippen molar-refractivity contribution in [1.29, 1.82) is 0 Å². The van der Waals surface area contributed by atoms with Crippen molar-refractivity contribution in [2.75, 3.05) is 7.11 Å². The first-order valence-corrected chi connectivity index (χ1v) is 14.4. The minimum Gasteiger partial charge on any atom is -0.497 e.